The molecule has 4 rings (SSSR count). The summed E-state index contributed by atoms with van der Waals surface area (Å²) in [4.78, 5) is 41.3. The first-order valence-corrected chi connectivity index (χ1v) is 11.2. The van der Waals surface area contributed by atoms with Crippen molar-refractivity contribution in [2.24, 2.45) is 0 Å². The van der Waals surface area contributed by atoms with Crippen LogP contribution >= 0.6 is 0 Å². The molecule has 4 amide bonds. The lowest BCUT2D eigenvalue weighted by atomic mass is 9.85. The molecule has 2 N–H and O–H groups in total. The molecule has 1 unspecified atom stereocenters. The van der Waals surface area contributed by atoms with Crippen LogP contribution < -0.4 is 10.6 Å². The van der Waals surface area contributed by atoms with Crippen LogP contribution in [-0.4, -0.2) is 47.8 Å². The van der Waals surface area contributed by atoms with Gasteiger partial charge in [-0.25, -0.2) is 9.18 Å². The van der Waals surface area contributed by atoms with Crippen LogP contribution in [0.5, 0.6) is 0 Å². The van der Waals surface area contributed by atoms with Gasteiger partial charge in [0, 0.05) is 13.6 Å². The van der Waals surface area contributed by atoms with E-state index in [9.17, 15) is 18.8 Å². The van der Waals surface area contributed by atoms with Crippen molar-refractivity contribution in [3.63, 3.8) is 0 Å². The van der Waals surface area contributed by atoms with Crippen LogP contribution in [0.15, 0.2) is 59.8 Å². The smallest absolute Gasteiger partial charge is 0.322 e. The molecule has 0 fully saturated rings. The molecular weight excluding hydrogens is 435 g/mol. The van der Waals surface area contributed by atoms with Crippen molar-refractivity contribution in [1.29, 1.82) is 0 Å². The van der Waals surface area contributed by atoms with Crippen molar-refractivity contribution in [3.05, 3.63) is 82.3 Å². The van der Waals surface area contributed by atoms with Gasteiger partial charge >= 0.3 is 6.03 Å². The molecule has 2 aliphatic heterocycles. The zero-order valence-electron chi connectivity index (χ0n) is 19.8. The molecule has 2 heterocycles. The number of rotatable bonds is 5. The Morgan fingerprint density at radius 1 is 1.15 bits per heavy atom. The first-order chi connectivity index (χ1) is 16.0. The lowest BCUT2D eigenvalue weighted by Gasteiger charge is -2.31. The number of nitrogens with zero attached hydrogens (tertiary/aromatic N) is 2. The highest BCUT2D eigenvalue weighted by atomic mass is 19.1. The number of hydrogen-bond acceptors (Lipinski definition) is 3. The van der Waals surface area contributed by atoms with Gasteiger partial charge in [-0.15, -0.1) is 0 Å². The highest BCUT2D eigenvalue weighted by molar-refractivity contribution is 6.02. The van der Waals surface area contributed by atoms with Crippen molar-refractivity contribution < 1.29 is 18.8 Å². The zero-order chi connectivity index (χ0) is 24.6. The number of hydrogen-bond donors (Lipinski definition) is 2. The number of urea groups is 1. The molecule has 0 saturated heterocycles. The molecule has 2 aliphatic rings. The van der Waals surface area contributed by atoms with Crippen molar-refractivity contribution in [2.75, 3.05) is 20.1 Å². The SMILES string of the molecule is CN1C(=O)NC(c2ccc(C(C)(C)C)cc2)C2=C1CN(CC(=O)NCc1cccc(F)c1)C2=O. The van der Waals surface area contributed by atoms with Crippen LogP contribution in [0.3, 0.4) is 0 Å². The van der Waals surface area contributed by atoms with E-state index in [2.05, 4.69) is 31.4 Å². The lowest BCUT2D eigenvalue weighted by Crippen LogP contribution is -2.45. The number of carbonyl (C=O) groups is 3. The topological polar surface area (TPSA) is 81.8 Å². The predicted octanol–water partition coefficient (Wildman–Crippen LogP) is 3.23. The summed E-state index contributed by atoms with van der Waals surface area (Å²) in [6.07, 6.45) is 0. The fourth-order valence-electron chi connectivity index (χ4n) is 4.25. The Bertz CT molecular complexity index is 1170. The van der Waals surface area contributed by atoms with Gasteiger partial charge in [-0.05, 0) is 34.2 Å². The molecule has 1 atom stereocenters. The van der Waals surface area contributed by atoms with Gasteiger partial charge in [0.1, 0.15) is 12.4 Å². The minimum atomic E-state index is -0.583. The Morgan fingerprint density at radius 3 is 2.50 bits per heavy atom. The van der Waals surface area contributed by atoms with E-state index in [4.69, 9.17) is 0 Å². The van der Waals surface area contributed by atoms with E-state index in [0.29, 0.717) is 16.8 Å². The number of likely N-dealkylation sites (N-methyl/N-ethyl adjacent to an activating group) is 1. The van der Waals surface area contributed by atoms with Crippen LogP contribution in [-0.2, 0) is 21.5 Å². The van der Waals surface area contributed by atoms with Gasteiger partial charge in [0.2, 0.25) is 5.91 Å². The Hall–Kier alpha value is -3.68. The van der Waals surface area contributed by atoms with Crippen LogP contribution in [0.1, 0.15) is 43.5 Å². The van der Waals surface area contributed by atoms with Crippen molar-refractivity contribution >= 4 is 17.8 Å². The fourth-order valence-corrected chi connectivity index (χ4v) is 4.25. The van der Waals surface area contributed by atoms with E-state index < -0.39 is 6.04 Å². The van der Waals surface area contributed by atoms with Crippen LogP contribution in [0, 0.1) is 5.82 Å². The number of benzene rings is 2. The third-order valence-electron chi connectivity index (χ3n) is 6.26. The monoisotopic (exact) mass is 464 g/mol. The van der Waals surface area contributed by atoms with E-state index in [1.807, 2.05) is 24.3 Å². The van der Waals surface area contributed by atoms with Gasteiger partial charge < -0.3 is 15.5 Å². The second kappa shape index (κ2) is 8.93. The average molecular weight is 465 g/mol. The molecule has 178 valence electrons. The molecule has 0 bridgehead atoms. The van der Waals surface area contributed by atoms with Crippen molar-refractivity contribution in [1.82, 2.24) is 20.4 Å². The maximum Gasteiger partial charge on any atom is 0.322 e. The second-order valence-corrected chi connectivity index (χ2v) is 9.74. The maximum absolute atomic E-state index is 13.4. The number of amides is 4. The summed E-state index contributed by atoms with van der Waals surface area (Å²) >= 11 is 0. The zero-order valence-corrected chi connectivity index (χ0v) is 19.8. The minimum Gasteiger partial charge on any atom is -0.350 e. The molecular formula is C26H29FN4O3. The molecule has 0 aliphatic carbocycles. The van der Waals surface area contributed by atoms with Gasteiger partial charge in [-0.2, -0.15) is 0 Å². The summed E-state index contributed by atoms with van der Waals surface area (Å²) in [5, 5.41) is 5.64. The minimum absolute atomic E-state index is 0.0160. The molecule has 0 aromatic heterocycles. The van der Waals surface area contributed by atoms with E-state index in [1.54, 1.807) is 19.2 Å². The Balaban J connectivity index is 1.49. The fraction of sp³-hybridized carbons (Fsp3) is 0.346. The second-order valence-electron chi connectivity index (χ2n) is 9.74. The maximum atomic E-state index is 13.4. The average Bonchev–Trinajstić information content (AvgIpc) is 3.10. The van der Waals surface area contributed by atoms with Crippen LogP contribution in [0.4, 0.5) is 9.18 Å². The summed E-state index contributed by atoms with van der Waals surface area (Å²) in [6.45, 7) is 6.54. The molecule has 2 aromatic rings. The summed E-state index contributed by atoms with van der Waals surface area (Å²) in [5.41, 5.74) is 3.65. The molecule has 0 spiro atoms. The van der Waals surface area contributed by atoms with E-state index >= 15 is 0 Å². The van der Waals surface area contributed by atoms with Crippen LogP contribution in [0.2, 0.25) is 0 Å². The summed E-state index contributed by atoms with van der Waals surface area (Å²) < 4.78 is 13.4. The number of carbonyl (C=O) groups excluding carboxylic acids is 3. The summed E-state index contributed by atoms with van der Waals surface area (Å²) in [5.74, 6) is -1.02. The van der Waals surface area contributed by atoms with E-state index in [0.717, 1.165) is 11.1 Å². The molecule has 2 aromatic carbocycles. The van der Waals surface area contributed by atoms with E-state index in [1.165, 1.54) is 21.9 Å². The van der Waals surface area contributed by atoms with Crippen LogP contribution in [0.25, 0.3) is 0 Å². The third kappa shape index (κ3) is 4.66. The van der Waals surface area contributed by atoms with Gasteiger partial charge in [0.05, 0.1) is 23.9 Å². The molecule has 34 heavy (non-hydrogen) atoms. The van der Waals surface area contributed by atoms with Gasteiger partial charge in [0.15, 0.2) is 0 Å². The van der Waals surface area contributed by atoms with Crippen molar-refractivity contribution in [3.8, 4) is 0 Å². The summed E-state index contributed by atoms with van der Waals surface area (Å²) in [6, 6.07) is 13.0. The largest absolute Gasteiger partial charge is 0.350 e. The quantitative estimate of drug-likeness (QED) is 0.713. The molecule has 8 heteroatoms. The lowest BCUT2D eigenvalue weighted by molar-refractivity contribution is -0.132. The summed E-state index contributed by atoms with van der Waals surface area (Å²) in [7, 11) is 1.62. The predicted molar refractivity (Wildman–Crippen MR) is 126 cm³/mol. The highest BCUT2D eigenvalue weighted by Crippen LogP contribution is 2.36. The molecule has 7 nitrogen and oxygen atoms in total. The Kier molecular flexibility index (Phi) is 6.17. The number of halogens is 1. The van der Waals surface area contributed by atoms with Gasteiger partial charge in [0.25, 0.3) is 5.91 Å². The number of nitrogens with one attached hydrogen (secondary N) is 2. The Morgan fingerprint density at radius 2 is 1.85 bits per heavy atom. The first kappa shape index (κ1) is 23.5. The molecule has 0 saturated carbocycles. The normalized spacial score (nSPS) is 18.2. The highest BCUT2D eigenvalue weighted by Gasteiger charge is 2.43. The van der Waals surface area contributed by atoms with E-state index in [-0.39, 0.29) is 48.7 Å². The first-order valence-electron chi connectivity index (χ1n) is 11.2. The molecule has 0 radical (unpaired) electrons. The Labute approximate surface area is 198 Å². The third-order valence-corrected chi connectivity index (χ3v) is 6.26. The van der Waals surface area contributed by atoms with Gasteiger partial charge in [-0.3, -0.25) is 14.5 Å². The van der Waals surface area contributed by atoms with Crippen molar-refractivity contribution in [2.45, 2.75) is 38.8 Å². The standard InChI is InChI=1S/C26H29FN4O3/c1-26(2,3)18-10-8-17(9-11-18)23-22-20(30(4)25(34)29-23)14-31(24(22)33)15-21(32)28-13-16-6-5-7-19(27)12-16/h5-12,23H,13-15H2,1-4H3,(H,28,32)(H,29,34). The van der Waals surface area contributed by atoms with Gasteiger partial charge in [-0.1, -0.05) is 57.2 Å².